The van der Waals surface area contributed by atoms with Gasteiger partial charge >= 0.3 is 0 Å². The highest BCUT2D eigenvalue weighted by Gasteiger charge is 2.35. The topological polar surface area (TPSA) is 64.6 Å². The van der Waals surface area contributed by atoms with Crippen LogP contribution in [0.1, 0.15) is 10.4 Å². The smallest absolute Gasteiger partial charge is 0.297 e. The van der Waals surface area contributed by atoms with E-state index in [1.807, 2.05) is 0 Å². The van der Waals surface area contributed by atoms with Gasteiger partial charge in [0.05, 0.1) is 11.3 Å². The summed E-state index contributed by atoms with van der Waals surface area (Å²) < 4.78 is 10.2. The highest BCUT2D eigenvalue weighted by atomic mass is 16.7. The normalized spacial score (nSPS) is 16.9. The molecule has 0 fully saturated rings. The van der Waals surface area contributed by atoms with Gasteiger partial charge in [0.25, 0.3) is 11.7 Å². The average molecular weight is 191 g/mol. The Balaban J connectivity index is 2.29. The number of carbonyl (C=O) groups excluding carboxylic acids is 2. The quantitative estimate of drug-likeness (QED) is 0.608. The van der Waals surface area contributed by atoms with Gasteiger partial charge in [0.15, 0.2) is 11.5 Å². The van der Waals surface area contributed by atoms with Crippen LogP contribution in [0.3, 0.4) is 0 Å². The van der Waals surface area contributed by atoms with Crippen molar-refractivity contribution in [1.29, 1.82) is 0 Å². The molecule has 1 aromatic rings. The van der Waals surface area contributed by atoms with E-state index in [4.69, 9.17) is 9.47 Å². The largest absolute Gasteiger partial charge is 0.454 e. The van der Waals surface area contributed by atoms with Crippen molar-refractivity contribution in [2.45, 2.75) is 0 Å². The number of anilines is 1. The molecule has 5 nitrogen and oxygen atoms in total. The maximum Gasteiger partial charge on any atom is 0.297 e. The molecule has 70 valence electrons. The van der Waals surface area contributed by atoms with Gasteiger partial charge in [-0.2, -0.15) is 0 Å². The lowest BCUT2D eigenvalue weighted by molar-refractivity contribution is -0.112. The van der Waals surface area contributed by atoms with Crippen LogP contribution in [0, 0.1) is 0 Å². The Hall–Kier alpha value is -2.04. The van der Waals surface area contributed by atoms with Crippen LogP contribution < -0.4 is 14.8 Å². The first kappa shape index (κ1) is 7.37. The summed E-state index contributed by atoms with van der Waals surface area (Å²) in [5, 5.41) is 2.45. The van der Waals surface area contributed by atoms with E-state index >= 15 is 0 Å². The number of hydrogen-bond donors (Lipinski definition) is 1. The lowest BCUT2D eigenvalue weighted by Crippen LogP contribution is -2.12. The van der Waals surface area contributed by atoms with Gasteiger partial charge in [-0.1, -0.05) is 0 Å². The van der Waals surface area contributed by atoms with Crippen LogP contribution in [0.2, 0.25) is 0 Å². The van der Waals surface area contributed by atoms with Crippen molar-refractivity contribution in [2.75, 3.05) is 12.1 Å². The van der Waals surface area contributed by atoms with Crippen molar-refractivity contribution in [2.24, 2.45) is 0 Å². The van der Waals surface area contributed by atoms with Crippen LogP contribution in [0.25, 0.3) is 0 Å². The number of ether oxygens (including phenoxy) is 2. The molecule has 1 amide bonds. The number of Topliss-reactive ketones (excluding diaryl/α,β-unsaturated/α-hetero) is 1. The second-order valence-corrected chi connectivity index (χ2v) is 3.01. The third kappa shape index (κ3) is 0.736. The van der Waals surface area contributed by atoms with Crippen LogP contribution in [-0.2, 0) is 4.79 Å². The lowest BCUT2D eigenvalue weighted by Gasteiger charge is -2.00. The molecule has 1 N–H and O–H groups in total. The van der Waals surface area contributed by atoms with Crippen LogP contribution >= 0.6 is 0 Å². The number of hydrogen-bond acceptors (Lipinski definition) is 4. The minimum Gasteiger partial charge on any atom is -0.454 e. The van der Waals surface area contributed by atoms with Gasteiger partial charge in [-0.25, -0.2) is 0 Å². The van der Waals surface area contributed by atoms with E-state index in [9.17, 15) is 9.59 Å². The summed E-state index contributed by atoms with van der Waals surface area (Å²) in [6.45, 7) is 0.0905. The maximum atomic E-state index is 11.4. The molecule has 5 heteroatoms. The van der Waals surface area contributed by atoms with E-state index in [0.717, 1.165) is 0 Å². The molecule has 2 aliphatic rings. The molecule has 3 rings (SSSR count). The van der Waals surface area contributed by atoms with Gasteiger partial charge in [-0.3, -0.25) is 9.59 Å². The zero-order valence-electron chi connectivity index (χ0n) is 6.99. The van der Waals surface area contributed by atoms with E-state index in [1.54, 1.807) is 12.1 Å². The summed E-state index contributed by atoms with van der Waals surface area (Å²) >= 11 is 0. The van der Waals surface area contributed by atoms with Crippen LogP contribution in [0.4, 0.5) is 5.69 Å². The van der Waals surface area contributed by atoms with Crippen molar-refractivity contribution in [3.05, 3.63) is 17.7 Å². The molecule has 0 bridgehead atoms. The summed E-state index contributed by atoms with van der Waals surface area (Å²) in [5.74, 6) is -0.314. The van der Waals surface area contributed by atoms with Crippen molar-refractivity contribution in [1.82, 2.24) is 0 Å². The zero-order chi connectivity index (χ0) is 9.71. The van der Waals surface area contributed by atoms with Gasteiger partial charge in [0, 0.05) is 0 Å². The maximum absolute atomic E-state index is 11.4. The number of nitrogens with one attached hydrogen (secondary N) is 1. The fourth-order valence-corrected chi connectivity index (χ4v) is 1.59. The Morgan fingerprint density at radius 1 is 1.21 bits per heavy atom. The summed E-state index contributed by atoms with van der Waals surface area (Å²) in [4.78, 5) is 22.5. The number of benzene rings is 1. The van der Waals surface area contributed by atoms with E-state index < -0.39 is 11.7 Å². The standard InChI is InChI=1S/C9H5NO4/c11-7-6-4(10-9(7)12)1-2-5-8(6)14-3-13-5/h1-2H,3H2,(H,10,11,12). The molecule has 0 aromatic heterocycles. The number of carbonyl (C=O) groups is 2. The van der Waals surface area contributed by atoms with Crippen molar-refractivity contribution in [3.8, 4) is 11.5 Å². The van der Waals surface area contributed by atoms with Gasteiger partial charge in [-0.05, 0) is 12.1 Å². The van der Waals surface area contributed by atoms with Crippen molar-refractivity contribution < 1.29 is 19.1 Å². The zero-order valence-corrected chi connectivity index (χ0v) is 6.99. The molecule has 0 saturated heterocycles. The summed E-state index contributed by atoms with van der Waals surface area (Å²) in [5.41, 5.74) is 0.772. The average Bonchev–Trinajstić information content (AvgIpc) is 2.72. The molecular formula is C9H5NO4. The molecule has 0 radical (unpaired) electrons. The van der Waals surface area contributed by atoms with Crippen LogP contribution in [0.5, 0.6) is 11.5 Å². The number of amides is 1. The van der Waals surface area contributed by atoms with E-state index in [-0.39, 0.29) is 12.4 Å². The predicted octanol–water partition coefficient (Wildman–Crippen LogP) is 0.550. The first-order chi connectivity index (χ1) is 6.77. The number of ketones is 1. The lowest BCUT2D eigenvalue weighted by atomic mass is 10.1. The highest BCUT2D eigenvalue weighted by molar-refractivity contribution is 6.52. The molecule has 2 heterocycles. The summed E-state index contributed by atoms with van der Waals surface area (Å²) in [6, 6.07) is 3.30. The third-order valence-electron chi connectivity index (χ3n) is 2.22. The first-order valence-electron chi connectivity index (χ1n) is 4.05. The highest BCUT2D eigenvalue weighted by Crippen LogP contribution is 2.41. The minimum absolute atomic E-state index is 0.0905. The Kier molecular flexibility index (Phi) is 1.19. The van der Waals surface area contributed by atoms with Gasteiger partial charge in [-0.15, -0.1) is 0 Å². The van der Waals surface area contributed by atoms with Crippen LogP contribution in [0.15, 0.2) is 12.1 Å². The Labute approximate surface area is 78.6 Å². The minimum atomic E-state index is -0.621. The second kappa shape index (κ2) is 2.25. The number of rotatable bonds is 0. The molecule has 0 unspecified atom stereocenters. The molecule has 0 saturated carbocycles. The van der Waals surface area contributed by atoms with Gasteiger partial charge < -0.3 is 14.8 Å². The second-order valence-electron chi connectivity index (χ2n) is 3.01. The summed E-state index contributed by atoms with van der Waals surface area (Å²) in [7, 11) is 0. The number of fused-ring (bicyclic) bond motifs is 3. The van der Waals surface area contributed by atoms with Gasteiger partial charge in [0.2, 0.25) is 6.79 Å². The van der Waals surface area contributed by atoms with E-state index in [2.05, 4.69) is 5.32 Å². The Bertz CT molecular complexity index is 466. The Morgan fingerprint density at radius 3 is 2.93 bits per heavy atom. The summed E-state index contributed by atoms with van der Waals surface area (Å²) in [6.07, 6.45) is 0. The molecule has 14 heavy (non-hydrogen) atoms. The van der Waals surface area contributed by atoms with Crippen molar-refractivity contribution >= 4 is 17.4 Å². The molecule has 0 spiro atoms. The monoisotopic (exact) mass is 191 g/mol. The van der Waals surface area contributed by atoms with E-state index in [1.165, 1.54) is 0 Å². The van der Waals surface area contributed by atoms with Crippen molar-refractivity contribution in [3.63, 3.8) is 0 Å². The van der Waals surface area contributed by atoms with Gasteiger partial charge in [0.1, 0.15) is 0 Å². The third-order valence-corrected chi connectivity index (χ3v) is 2.22. The Morgan fingerprint density at radius 2 is 2.07 bits per heavy atom. The molecular weight excluding hydrogens is 186 g/mol. The fourth-order valence-electron chi connectivity index (χ4n) is 1.59. The van der Waals surface area contributed by atoms with Crippen LogP contribution in [-0.4, -0.2) is 18.5 Å². The molecule has 0 aliphatic carbocycles. The fraction of sp³-hybridized carbons (Fsp3) is 0.111. The van der Waals surface area contributed by atoms with E-state index in [0.29, 0.717) is 17.2 Å². The first-order valence-corrected chi connectivity index (χ1v) is 4.05. The molecule has 0 atom stereocenters. The molecule has 2 aliphatic heterocycles. The predicted molar refractivity (Wildman–Crippen MR) is 45.5 cm³/mol. The SMILES string of the molecule is O=C1Nc2ccc3c(c2C1=O)OCO3. The molecule has 1 aromatic carbocycles.